The first kappa shape index (κ1) is 34.7. The Kier molecular flexibility index (Phi) is 11.0. The summed E-state index contributed by atoms with van der Waals surface area (Å²) in [6.07, 6.45) is 12.7. The van der Waals surface area contributed by atoms with E-state index in [9.17, 15) is 0 Å². The lowest BCUT2D eigenvalue weighted by molar-refractivity contribution is -0.187. The van der Waals surface area contributed by atoms with Crippen LogP contribution in [-0.2, 0) is 26.7 Å². The molecule has 4 aromatic heterocycles. The van der Waals surface area contributed by atoms with E-state index >= 15 is 0 Å². The Hall–Kier alpha value is -4.17. The van der Waals surface area contributed by atoms with Crippen molar-refractivity contribution < 1.29 is 23.4 Å². The van der Waals surface area contributed by atoms with E-state index in [2.05, 4.69) is 56.6 Å². The predicted octanol–water partition coefficient (Wildman–Crippen LogP) is 7.51. The fourth-order valence-electron chi connectivity index (χ4n) is 6.10. The van der Waals surface area contributed by atoms with Gasteiger partial charge in [-0.2, -0.15) is 0 Å². The highest BCUT2D eigenvalue weighted by molar-refractivity contribution is 6.76. The number of nitrogens with zero attached hydrogens (tertiary/aromatic N) is 6. The van der Waals surface area contributed by atoms with Crippen molar-refractivity contribution >= 4 is 24.9 Å². The molecule has 0 unspecified atom stereocenters. The van der Waals surface area contributed by atoms with Gasteiger partial charge in [-0.1, -0.05) is 38.5 Å². The lowest BCUT2D eigenvalue weighted by Crippen LogP contribution is -2.27. The van der Waals surface area contributed by atoms with Gasteiger partial charge in [-0.25, -0.2) is 19.9 Å². The summed E-state index contributed by atoms with van der Waals surface area (Å²) in [6.45, 7) is 11.1. The number of nitrogens with one attached hydrogen (secondary N) is 1. The van der Waals surface area contributed by atoms with Crippen LogP contribution < -0.4 is 10.1 Å². The molecular formula is C36H47N7O5Si. The van der Waals surface area contributed by atoms with Gasteiger partial charge in [0, 0.05) is 56.2 Å². The van der Waals surface area contributed by atoms with E-state index in [1.165, 1.54) is 0 Å². The number of aryl methyl sites for hydroxylation is 1. The Morgan fingerprint density at radius 1 is 1.00 bits per heavy atom. The van der Waals surface area contributed by atoms with Gasteiger partial charge in [0.25, 0.3) is 5.89 Å². The molecule has 0 spiro atoms. The first-order chi connectivity index (χ1) is 23.7. The Morgan fingerprint density at radius 2 is 1.82 bits per heavy atom. The van der Waals surface area contributed by atoms with E-state index in [0.29, 0.717) is 44.8 Å². The highest BCUT2D eigenvalue weighted by Gasteiger charge is 2.42. The number of fused-ring (bicyclic) bond motifs is 1. The van der Waals surface area contributed by atoms with Crippen molar-refractivity contribution in [2.75, 3.05) is 32.2 Å². The maximum Gasteiger partial charge on any atom is 0.255 e. The first-order valence-electron chi connectivity index (χ1n) is 17.0. The highest BCUT2D eigenvalue weighted by atomic mass is 28.3. The monoisotopic (exact) mass is 685 g/mol. The van der Waals surface area contributed by atoms with E-state index in [0.717, 1.165) is 71.2 Å². The van der Waals surface area contributed by atoms with Crippen molar-refractivity contribution in [2.45, 2.75) is 83.3 Å². The highest BCUT2D eigenvalue weighted by Crippen LogP contribution is 2.38. The van der Waals surface area contributed by atoms with Crippen LogP contribution in [0.5, 0.6) is 5.75 Å². The number of hydrogen-bond acceptors (Lipinski definition) is 11. The maximum atomic E-state index is 6.38. The van der Waals surface area contributed by atoms with Crippen LogP contribution in [0.1, 0.15) is 55.6 Å². The van der Waals surface area contributed by atoms with Crippen molar-refractivity contribution in [3.8, 4) is 17.0 Å². The molecule has 1 atom stereocenters. The van der Waals surface area contributed by atoms with Crippen LogP contribution in [0.3, 0.4) is 0 Å². The first-order valence-corrected chi connectivity index (χ1v) is 20.8. The number of imidazole rings is 1. The normalized spacial score (nSPS) is 15.1. The summed E-state index contributed by atoms with van der Waals surface area (Å²) < 4.78 is 32.0. The average molecular weight is 686 g/mol. The largest absolute Gasteiger partial charge is 0.496 e. The molecule has 1 aliphatic heterocycles. The second-order valence-corrected chi connectivity index (χ2v) is 19.3. The molecule has 12 nitrogen and oxygen atoms in total. The molecule has 0 radical (unpaired) electrons. The van der Waals surface area contributed by atoms with Gasteiger partial charge in [0.2, 0.25) is 11.7 Å². The number of aromatic nitrogens is 6. The number of methoxy groups -OCH3 is 1. The third kappa shape index (κ3) is 8.53. The van der Waals surface area contributed by atoms with Crippen molar-refractivity contribution in [3.05, 3.63) is 78.8 Å². The number of unbranched alkanes of at least 4 members (excludes halogenated alkanes) is 2. The zero-order valence-corrected chi connectivity index (χ0v) is 30.1. The van der Waals surface area contributed by atoms with Crippen molar-refractivity contribution in [1.29, 1.82) is 0 Å². The van der Waals surface area contributed by atoms with E-state index in [4.69, 9.17) is 33.3 Å². The van der Waals surface area contributed by atoms with Gasteiger partial charge < -0.3 is 33.2 Å². The molecule has 0 saturated carbocycles. The van der Waals surface area contributed by atoms with Gasteiger partial charge in [0.05, 0.1) is 50.0 Å². The van der Waals surface area contributed by atoms with E-state index in [-0.39, 0.29) is 6.04 Å². The molecule has 0 aliphatic carbocycles. The van der Waals surface area contributed by atoms with Gasteiger partial charge in [0.1, 0.15) is 24.6 Å². The summed E-state index contributed by atoms with van der Waals surface area (Å²) in [5.74, 6) is 1.68. The second kappa shape index (κ2) is 15.6. The quantitative estimate of drug-likeness (QED) is 0.0771. The lowest BCUT2D eigenvalue weighted by atomic mass is 10.0. The van der Waals surface area contributed by atoms with Gasteiger partial charge >= 0.3 is 0 Å². The van der Waals surface area contributed by atoms with Gasteiger partial charge in [-0.3, -0.25) is 4.98 Å². The number of rotatable bonds is 17. The molecule has 49 heavy (non-hydrogen) atoms. The Bertz CT molecular complexity index is 1790. The van der Waals surface area contributed by atoms with Gasteiger partial charge in [-0.05, 0) is 44.0 Å². The summed E-state index contributed by atoms with van der Waals surface area (Å²) >= 11 is 0. The van der Waals surface area contributed by atoms with Crippen LogP contribution >= 0.6 is 0 Å². The number of oxazole rings is 1. The summed E-state index contributed by atoms with van der Waals surface area (Å²) in [6, 6.07) is 10.9. The number of pyridine rings is 1. The van der Waals surface area contributed by atoms with Crippen molar-refractivity contribution in [2.24, 2.45) is 0 Å². The Balaban J connectivity index is 1.27. The van der Waals surface area contributed by atoms with Crippen LogP contribution in [0.2, 0.25) is 25.7 Å². The van der Waals surface area contributed by atoms with E-state index in [1.807, 2.05) is 31.3 Å². The fourth-order valence-corrected chi connectivity index (χ4v) is 6.85. The summed E-state index contributed by atoms with van der Waals surface area (Å²) in [4.78, 5) is 23.0. The molecule has 260 valence electrons. The predicted molar refractivity (Wildman–Crippen MR) is 190 cm³/mol. The SMILES string of the molecule is COc1cc2nc(C)ccc2cc1-c1cnc([C@H](CCCCCC2(c3ncco3)OCCO2)Nc2ncccn2)n1COCC[Si](C)(C)C. The standard InChI is InChI=1S/C36H47N7O5Si/c1-26-11-12-27-22-28(32(44-2)23-30(27)41-26)31-24-40-33(43(31)25-45-20-21-49(3,4)5)29(42-35-38-14-9-15-39-35)10-7-6-8-13-36(47-18-19-48-36)34-37-16-17-46-34/h9,11-12,14-17,22-24,29H,6-8,10,13,18-21,25H2,1-5H3,(H,38,39,42)/t29-/m0/s1. The Labute approximate surface area is 288 Å². The minimum atomic E-state index is -1.29. The number of benzene rings is 1. The number of hydrogen-bond donors (Lipinski definition) is 1. The minimum absolute atomic E-state index is 0.188. The van der Waals surface area contributed by atoms with Gasteiger partial charge in [-0.15, -0.1) is 0 Å². The third-order valence-electron chi connectivity index (χ3n) is 8.72. The number of ether oxygens (including phenoxy) is 4. The topological polar surface area (TPSA) is 131 Å². The molecule has 1 N–H and O–H groups in total. The molecule has 6 rings (SSSR count). The van der Waals surface area contributed by atoms with Crippen LogP contribution in [-0.4, -0.2) is 64.5 Å². The summed E-state index contributed by atoms with van der Waals surface area (Å²) in [5.41, 5.74) is 3.68. The maximum absolute atomic E-state index is 6.38. The van der Waals surface area contributed by atoms with Crippen molar-refractivity contribution in [3.63, 3.8) is 0 Å². The Morgan fingerprint density at radius 3 is 2.55 bits per heavy atom. The van der Waals surface area contributed by atoms with Crippen LogP contribution in [0.25, 0.3) is 22.2 Å². The zero-order valence-electron chi connectivity index (χ0n) is 29.1. The van der Waals surface area contributed by atoms with E-state index in [1.54, 1.807) is 32.0 Å². The van der Waals surface area contributed by atoms with Gasteiger partial charge in [0.15, 0.2) is 0 Å². The molecule has 0 bridgehead atoms. The zero-order chi connectivity index (χ0) is 34.3. The lowest BCUT2D eigenvalue weighted by Gasteiger charge is -2.24. The molecule has 1 saturated heterocycles. The minimum Gasteiger partial charge on any atom is -0.496 e. The fraction of sp³-hybridized carbons (Fsp3) is 0.472. The molecule has 13 heteroatoms. The van der Waals surface area contributed by atoms with Crippen LogP contribution in [0, 0.1) is 6.92 Å². The van der Waals surface area contributed by atoms with Crippen molar-refractivity contribution in [1.82, 2.24) is 29.5 Å². The second-order valence-electron chi connectivity index (χ2n) is 13.6. The molecule has 1 aromatic carbocycles. The number of anilines is 1. The summed E-state index contributed by atoms with van der Waals surface area (Å²) in [7, 11) is 0.407. The molecule has 5 heterocycles. The smallest absolute Gasteiger partial charge is 0.255 e. The molecule has 1 aliphatic rings. The molecule has 5 aromatic rings. The molecule has 0 amide bonds. The van der Waals surface area contributed by atoms with E-state index < -0.39 is 13.9 Å². The summed E-state index contributed by atoms with van der Waals surface area (Å²) in [5, 5.41) is 4.60. The molecule has 1 fully saturated rings. The third-order valence-corrected chi connectivity index (χ3v) is 10.4. The average Bonchev–Trinajstić information content (AvgIpc) is 3.88. The molecular weight excluding hydrogens is 639 g/mol. The van der Waals surface area contributed by atoms with Crippen LogP contribution in [0.4, 0.5) is 5.95 Å². The van der Waals surface area contributed by atoms with Crippen LogP contribution in [0.15, 0.2) is 65.8 Å².